The van der Waals surface area contributed by atoms with Gasteiger partial charge in [-0.2, -0.15) is 4.91 Å². The van der Waals surface area contributed by atoms with Crippen molar-refractivity contribution in [2.24, 2.45) is 5.18 Å². The molecule has 0 heterocycles. The van der Waals surface area contributed by atoms with Gasteiger partial charge in [-0.05, 0) is 19.4 Å². The van der Waals surface area contributed by atoms with Crippen LogP contribution in [0.3, 0.4) is 0 Å². The fraction of sp³-hybridized carbons (Fsp3) is 1.00. The fourth-order valence-electron chi connectivity index (χ4n) is 1.26. The maximum Gasteiger partial charge on any atom is 0.469 e. The lowest BCUT2D eigenvalue weighted by atomic mass is 10.3. The van der Waals surface area contributed by atoms with Crippen molar-refractivity contribution in [3.63, 3.8) is 0 Å². The van der Waals surface area contributed by atoms with Crippen molar-refractivity contribution in [3.05, 3.63) is 4.91 Å². The summed E-state index contributed by atoms with van der Waals surface area (Å²) in [7, 11) is -4.33. The highest BCUT2D eigenvalue weighted by atomic mass is 31.2. The van der Waals surface area contributed by atoms with Crippen LogP contribution in [-0.2, 0) is 9.09 Å². The molecule has 0 aromatic rings. The molecule has 16 heavy (non-hydrogen) atoms. The molecule has 96 valence electrons. The minimum absolute atomic E-state index is 0.0344. The van der Waals surface area contributed by atoms with Crippen LogP contribution in [0, 0.1) is 4.91 Å². The molecule has 0 rings (SSSR count). The molecule has 0 aliphatic rings. The summed E-state index contributed by atoms with van der Waals surface area (Å²) < 4.78 is 14.7. The molecule has 7 nitrogen and oxygen atoms in total. The van der Waals surface area contributed by atoms with Crippen molar-refractivity contribution in [1.29, 1.82) is 0 Å². The summed E-state index contributed by atoms with van der Waals surface area (Å²) in [5.74, 6) is 0. The molecule has 0 saturated heterocycles. The molecule has 0 spiro atoms. The Bertz CT molecular complexity index is 232. The summed E-state index contributed by atoms with van der Waals surface area (Å²) in [6.45, 7) is 4.60. The number of rotatable bonds is 10. The molecule has 0 radical (unpaired) electrons. The third-order valence-electron chi connectivity index (χ3n) is 2.05. The number of hydrogen-bond acceptors (Lipinski definition) is 5. The minimum Gasteiger partial charge on any atom is -0.303 e. The molecule has 0 saturated carbocycles. The summed E-state index contributed by atoms with van der Waals surface area (Å²) in [6, 6.07) is 0. The molecule has 0 amide bonds. The molecule has 0 aromatic carbocycles. The van der Waals surface area contributed by atoms with Crippen molar-refractivity contribution < 1.29 is 18.9 Å². The second-order valence-electron chi connectivity index (χ2n) is 3.32. The molecule has 0 aliphatic heterocycles. The van der Waals surface area contributed by atoms with Crippen LogP contribution in [0.25, 0.3) is 0 Å². The van der Waals surface area contributed by atoms with Gasteiger partial charge >= 0.3 is 7.82 Å². The molecule has 0 unspecified atom stereocenters. The Morgan fingerprint density at radius 2 is 1.94 bits per heavy atom. The number of nitrogens with zero attached hydrogens (tertiary/aromatic N) is 2. The van der Waals surface area contributed by atoms with E-state index in [1.165, 1.54) is 0 Å². The van der Waals surface area contributed by atoms with Gasteiger partial charge in [-0.25, -0.2) is 4.57 Å². The predicted octanol–water partition coefficient (Wildman–Crippen LogP) is 0.964. The maximum absolute atomic E-state index is 10.4. The van der Waals surface area contributed by atoms with E-state index in [1.807, 2.05) is 6.92 Å². The van der Waals surface area contributed by atoms with E-state index < -0.39 is 7.82 Å². The van der Waals surface area contributed by atoms with Gasteiger partial charge in [-0.3, -0.25) is 4.52 Å². The molecule has 0 aliphatic carbocycles. The average molecular weight is 254 g/mol. The second-order valence-corrected chi connectivity index (χ2v) is 4.56. The van der Waals surface area contributed by atoms with Gasteiger partial charge in [0.2, 0.25) is 0 Å². The topological polar surface area (TPSA) is 99.4 Å². The Hall–Kier alpha value is -0.330. The van der Waals surface area contributed by atoms with Gasteiger partial charge < -0.3 is 14.7 Å². The van der Waals surface area contributed by atoms with Gasteiger partial charge in [0.05, 0.1) is 13.2 Å². The minimum atomic E-state index is -4.33. The van der Waals surface area contributed by atoms with Gasteiger partial charge in [0, 0.05) is 13.1 Å². The number of hydrogen-bond donors (Lipinski definition) is 2. The van der Waals surface area contributed by atoms with Gasteiger partial charge in [-0.1, -0.05) is 12.1 Å². The van der Waals surface area contributed by atoms with Gasteiger partial charge in [0.15, 0.2) is 0 Å². The van der Waals surface area contributed by atoms with Gasteiger partial charge in [0.25, 0.3) is 0 Å². The van der Waals surface area contributed by atoms with Crippen molar-refractivity contribution in [2.75, 3.05) is 32.8 Å². The van der Waals surface area contributed by atoms with E-state index in [1.54, 1.807) is 0 Å². The van der Waals surface area contributed by atoms with Gasteiger partial charge in [0.1, 0.15) is 0 Å². The highest BCUT2D eigenvalue weighted by molar-refractivity contribution is 7.46. The summed E-state index contributed by atoms with van der Waals surface area (Å²) >= 11 is 0. The van der Waals surface area contributed by atoms with Crippen LogP contribution in [0.2, 0.25) is 0 Å². The normalized spacial score (nSPS) is 12.0. The highest BCUT2D eigenvalue weighted by Gasteiger charge is 2.13. The largest absolute Gasteiger partial charge is 0.469 e. The van der Waals surface area contributed by atoms with Crippen LogP contribution in [-0.4, -0.2) is 47.5 Å². The Labute approximate surface area is 95.0 Å². The van der Waals surface area contributed by atoms with Crippen molar-refractivity contribution in [2.45, 2.75) is 19.8 Å². The van der Waals surface area contributed by atoms with Crippen LogP contribution < -0.4 is 0 Å². The molecule has 2 N–H and O–H groups in total. The van der Waals surface area contributed by atoms with E-state index in [4.69, 9.17) is 9.79 Å². The Kier molecular flexibility index (Phi) is 8.60. The van der Waals surface area contributed by atoms with E-state index in [-0.39, 0.29) is 6.61 Å². The maximum atomic E-state index is 10.4. The summed E-state index contributed by atoms with van der Waals surface area (Å²) in [5.41, 5.74) is 0. The molecular weight excluding hydrogens is 235 g/mol. The summed E-state index contributed by atoms with van der Waals surface area (Å²) in [4.78, 5) is 28.8. The van der Waals surface area contributed by atoms with E-state index >= 15 is 0 Å². The lowest BCUT2D eigenvalue weighted by Gasteiger charge is -2.19. The third-order valence-corrected chi connectivity index (χ3v) is 2.57. The molecule has 0 aromatic heterocycles. The SMILES string of the molecule is CCN(CCCN=O)CCCOP(=O)(O)O. The monoisotopic (exact) mass is 254 g/mol. The number of phosphoric acid groups is 1. The Morgan fingerprint density at radius 3 is 2.44 bits per heavy atom. The lowest BCUT2D eigenvalue weighted by molar-refractivity contribution is 0.181. The number of nitroso groups, excluding NO2 is 1. The standard InChI is InChI=1S/C8H19N2O5P/c1-2-10(6-3-5-9-11)7-4-8-15-16(12,13)14/h2-8H2,1H3,(H2,12,13,14). The summed E-state index contributed by atoms with van der Waals surface area (Å²) in [6.07, 6.45) is 1.25. The first-order valence-electron chi connectivity index (χ1n) is 5.21. The van der Waals surface area contributed by atoms with E-state index in [0.29, 0.717) is 25.9 Å². The summed E-state index contributed by atoms with van der Waals surface area (Å²) in [5, 5.41) is 2.77. The first kappa shape index (κ1) is 15.7. The third kappa shape index (κ3) is 10.2. The van der Waals surface area contributed by atoms with Crippen molar-refractivity contribution in [3.8, 4) is 0 Å². The predicted molar refractivity (Wildman–Crippen MR) is 60.0 cm³/mol. The lowest BCUT2D eigenvalue weighted by Crippen LogP contribution is -2.26. The Balaban J connectivity index is 3.55. The molecule has 0 bridgehead atoms. The van der Waals surface area contributed by atoms with E-state index in [2.05, 4.69) is 14.6 Å². The van der Waals surface area contributed by atoms with Crippen LogP contribution >= 0.6 is 7.82 Å². The first-order valence-corrected chi connectivity index (χ1v) is 6.74. The van der Waals surface area contributed by atoms with E-state index in [0.717, 1.165) is 13.1 Å². The molecular formula is C8H19N2O5P. The first-order chi connectivity index (χ1) is 7.49. The van der Waals surface area contributed by atoms with Crippen molar-refractivity contribution in [1.82, 2.24) is 4.90 Å². The zero-order valence-electron chi connectivity index (χ0n) is 9.41. The molecule has 8 heteroatoms. The smallest absolute Gasteiger partial charge is 0.303 e. The molecule has 0 fully saturated rings. The average Bonchev–Trinajstić information content (AvgIpc) is 2.20. The molecule has 0 atom stereocenters. The highest BCUT2D eigenvalue weighted by Crippen LogP contribution is 2.35. The zero-order chi connectivity index (χ0) is 12.4. The van der Waals surface area contributed by atoms with Crippen LogP contribution in [0.1, 0.15) is 19.8 Å². The number of phosphoric ester groups is 1. The quantitative estimate of drug-likeness (QED) is 0.342. The fourth-order valence-corrected chi connectivity index (χ4v) is 1.63. The Morgan fingerprint density at radius 1 is 1.31 bits per heavy atom. The van der Waals surface area contributed by atoms with Crippen molar-refractivity contribution >= 4 is 7.82 Å². The zero-order valence-corrected chi connectivity index (χ0v) is 10.3. The second kappa shape index (κ2) is 8.78. The van der Waals surface area contributed by atoms with Crippen LogP contribution in [0.15, 0.2) is 5.18 Å². The van der Waals surface area contributed by atoms with Crippen LogP contribution in [0.4, 0.5) is 0 Å². The van der Waals surface area contributed by atoms with Gasteiger partial charge in [-0.15, -0.1) is 0 Å². The van der Waals surface area contributed by atoms with Crippen LogP contribution in [0.5, 0.6) is 0 Å². The van der Waals surface area contributed by atoms with E-state index in [9.17, 15) is 9.47 Å².